The smallest absolute Gasteiger partial charge is 0.462 e. The second-order valence-electron chi connectivity index (χ2n) is 6.07. The largest absolute Gasteiger partial charge is 0.474 e. The highest BCUT2D eigenvalue weighted by Crippen LogP contribution is 2.67. The summed E-state index contributed by atoms with van der Waals surface area (Å²) in [5, 5.41) is 8.18. The summed E-state index contributed by atoms with van der Waals surface area (Å²) < 4.78 is 59.1. The van der Waals surface area contributed by atoms with Gasteiger partial charge in [0, 0.05) is 33.5 Å². The van der Waals surface area contributed by atoms with Gasteiger partial charge in [-0.05, 0) is 0 Å². The number of ether oxygens (including phenoxy) is 2. The number of phosphoric ester groups is 1. The van der Waals surface area contributed by atoms with E-state index in [2.05, 4.69) is 9.84 Å². The zero-order chi connectivity index (χ0) is 25.2. The maximum absolute atomic E-state index is 12.4. The van der Waals surface area contributed by atoms with Gasteiger partial charge in [0.25, 0.3) is 5.08 Å². The third kappa shape index (κ3) is 10.5. The predicted molar refractivity (Wildman–Crippen MR) is 105 cm³/mol. The second-order valence-corrected chi connectivity index (χ2v) is 11.9. The van der Waals surface area contributed by atoms with E-state index in [0.717, 1.165) is 14.0 Å². The summed E-state index contributed by atoms with van der Waals surface area (Å²) >= 11 is 0. The van der Waals surface area contributed by atoms with Gasteiger partial charge in [0.15, 0.2) is 6.10 Å². The normalized spacial score (nSPS) is 15.6. The Bertz CT molecular complexity index is 740. The van der Waals surface area contributed by atoms with Gasteiger partial charge in [0.1, 0.15) is 6.61 Å². The Balaban J connectivity index is 4.78. The minimum atomic E-state index is -5.64. The molecule has 0 aromatic carbocycles. The number of rotatable bonds is 16. The van der Waals surface area contributed by atoms with Gasteiger partial charge in [-0.15, -0.1) is 0 Å². The molecule has 0 spiro atoms. The predicted octanol–water partition coefficient (Wildman–Crippen LogP) is -0.750. The van der Waals surface area contributed by atoms with Crippen molar-refractivity contribution in [3.63, 3.8) is 0 Å². The number of carbonyl (C=O) groups is 2. The molecule has 19 heteroatoms. The molecule has 0 aliphatic heterocycles. The molecule has 0 heterocycles. The number of aliphatic hydroxyl groups is 1. The lowest BCUT2D eigenvalue weighted by atomic mass is 10.4. The maximum atomic E-state index is 12.4. The summed E-state index contributed by atoms with van der Waals surface area (Å²) in [6.45, 7) is -0.454. The summed E-state index contributed by atoms with van der Waals surface area (Å²) in [7, 11) is -14.6. The summed E-state index contributed by atoms with van der Waals surface area (Å²) in [5.74, 6) is -1.31. The first-order valence-corrected chi connectivity index (χ1v) is 13.5. The Morgan fingerprint density at radius 3 is 2.03 bits per heavy atom. The number of nitrogens with one attached hydrogen (secondary N) is 1. The summed E-state index contributed by atoms with van der Waals surface area (Å²) in [6, 6.07) is 0. The van der Waals surface area contributed by atoms with Crippen molar-refractivity contribution < 1.29 is 71.0 Å². The Kier molecular flexibility index (Phi) is 12.9. The van der Waals surface area contributed by atoms with Crippen LogP contribution in [0.3, 0.4) is 0 Å². The molecular weight excluding hydrogens is 503 g/mol. The van der Waals surface area contributed by atoms with Crippen molar-refractivity contribution in [1.29, 1.82) is 0 Å². The highest BCUT2D eigenvalue weighted by molar-refractivity contribution is 7.72. The van der Waals surface area contributed by atoms with Crippen LogP contribution in [0.5, 0.6) is 0 Å². The third-order valence-corrected chi connectivity index (χ3v) is 8.67. The van der Waals surface area contributed by atoms with Crippen molar-refractivity contribution in [2.45, 2.75) is 31.5 Å². The fourth-order valence-corrected chi connectivity index (χ4v) is 4.76. The van der Waals surface area contributed by atoms with E-state index in [1.807, 2.05) is 0 Å². The van der Waals surface area contributed by atoms with Crippen LogP contribution in [0.15, 0.2) is 0 Å². The van der Waals surface area contributed by atoms with Crippen molar-refractivity contribution >= 4 is 35.0 Å². The molecule has 0 aliphatic carbocycles. The van der Waals surface area contributed by atoms with Crippen molar-refractivity contribution in [1.82, 2.24) is 5.32 Å². The molecule has 0 amide bonds. The molecular formula is C13H28NO15P3. The van der Waals surface area contributed by atoms with Gasteiger partial charge in [0.2, 0.25) is 0 Å². The van der Waals surface area contributed by atoms with Gasteiger partial charge in [0.05, 0.1) is 13.2 Å². The quantitative estimate of drug-likeness (QED) is 0.0815. The average Bonchev–Trinajstić information content (AvgIpc) is 2.67. The fraction of sp³-hybridized carbons (Fsp3) is 0.846. The first-order valence-electron chi connectivity index (χ1n) is 8.83. The van der Waals surface area contributed by atoms with Crippen molar-refractivity contribution in [2.75, 3.05) is 40.0 Å². The first kappa shape index (κ1) is 31.3. The standard InChI is InChI=1S/C13H28NO15P3/c1-4-12(16)26-7-11(29-10(2)15)8-28-32(24,25-3)27-6-5-14-9-13(17,30(18,19)20)31(21,22)23/h11,14,17H,4-9H2,1-3H3,(H2,18,19,20)(H2,21,22,23). The van der Waals surface area contributed by atoms with Crippen LogP contribution < -0.4 is 5.32 Å². The Labute approximate surface area is 183 Å². The summed E-state index contributed by atoms with van der Waals surface area (Å²) in [6.07, 6.45) is -1.06. The zero-order valence-electron chi connectivity index (χ0n) is 17.5. The molecule has 0 saturated heterocycles. The van der Waals surface area contributed by atoms with Gasteiger partial charge in [-0.2, -0.15) is 0 Å². The molecule has 0 saturated carbocycles. The summed E-state index contributed by atoms with van der Waals surface area (Å²) in [4.78, 5) is 58.4. The lowest BCUT2D eigenvalue weighted by molar-refractivity contribution is -0.159. The molecule has 0 radical (unpaired) electrons. The molecule has 2 atom stereocenters. The molecule has 32 heavy (non-hydrogen) atoms. The average molecular weight is 531 g/mol. The van der Waals surface area contributed by atoms with Crippen LogP contribution >= 0.6 is 23.0 Å². The van der Waals surface area contributed by atoms with E-state index in [0.29, 0.717) is 0 Å². The third-order valence-electron chi connectivity index (χ3n) is 3.52. The number of hydrogen-bond donors (Lipinski definition) is 6. The minimum absolute atomic E-state index is 0.0689. The second kappa shape index (κ2) is 13.2. The molecule has 0 aliphatic rings. The molecule has 6 N–H and O–H groups in total. The number of phosphoric acid groups is 1. The molecule has 0 bridgehead atoms. The molecule has 0 aromatic heterocycles. The van der Waals surface area contributed by atoms with E-state index in [4.69, 9.17) is 38.1 Å². The van der Waals surface area contributed by atoms with Crippen molar-refractivity contribution in [3.05, 3.63) is 0 Å². The highest BCUT2D eigenvalue weighted by atomic mass is 31.2. The summed E-state index contributed by atoms with van der Waals surface area (Å²) in [5.41, 5.74) is 0. The van der Waals surface area contributed by atoms with Crippen LogP contribution in [0.25, 0.3) is 0 Å². The molecule has 0 rings (SSSR count). The van der Waals surface area contributed by atoms with Crippen molar-refractivity contribution in [2.24, 2.45) is 0 Å². The monoisotopic (exact) mass is 531 g/mol. The van der Waals surface area contributed by atoms with Crippen LogP contribution in [-0.2, 0) is 46.3 Å². The first-order chi connectivity index (χ1) is 14.5. The van der Waals surface area contributed by atoms with E-state index in [-0.39, 0.29) is 13.0 Å². The fourth-order valence-electron chi connectivity index (χ4n) is 1.82. The lowest BCUT2D eigenvalue weighted by Crippen LogP contribution is -2.41. The van der Waals surface area contributed by atoms with Crippen LogP contribution in [0.1, 0.15) is 20.3 Å². The molecule has 2 unspecified atom stereocenters. The van der Waals surface area contributed by atoms with E-state index in [1.165, 1.54) is 0 Å². The van der Waals surface area contributed by atoms with Gasteiger partial charge in [-0.25, -0.2) is 4.57 Å². The van der Waals surface area contributed by atoms with E-state index < -0.39 is 72.4 Å². The Morgan fingerprint density at radius 2 is 1.59 bits per heavy atom. The Morgan fingerprint density at radius 1 is 1.03 bits per heavy atom. The van der Waals surface area contributed by atoms with Gasteiger partial charge in [-0.3, -0.25) is 32.3 Å². The number of esters is 2. The molecule has 16 nitrogen and oxygen atoms in total. The van der Waals surface area contributed by atoms with E-state index >= 15 is 0 Å². The molecule has 190 valence electrons. The van der Waals surface area contributed by atoms with Gasteiger partial charge >= 0.3 is 35.0 Å². The zero-order valence-corrected chi connectivity index (χ0v) is 20.2. The SMILES string of the molecule is CCC(=O)OCC(COP(=O)(OC)OCCNCC(O)(P(=O)(O)O)P(=O)(O)O)OC(C)=O. The molecule has 0 aromatic rings. The van der Waals surface area contributed by atoms with Crippen LogP contribution in [0, 0.1) is 0 Å². The minimum Gasteiger partial charge on any atom is -0.462 e. The van der Waals surface area contributed by atoms with Gasteiger partial charge in [-0.1, -0.05) is 6.92 Å². The van der Waals surface area contributed by atoms with Crippen LogP contribution in [-0.4, -0.2) is 87.8 Å². The number of carbonyl (C=O) groups excluding carboxylic acids is 2. The Hall–Kier alpha value is -0.730. The maximum Gasteiger partial charge on any atom is 0.474 e. The van der Waals surface area contributed by atoms with E-state index in [9.17, 15) is 28.4 Å². The van der Waals surface area contributed by atoms with Crippen LogP contribution in [0.2, 0.25) is 0 Å². The van der Waals surface area contributed by atoms with Gasteiger partial charge < -0.3 is 39.5 Å². The van der Waals surface area contributed by atoms with Crippen molar-refractivity contribution in [3.8, 4) is 0 Å². The highest BCUT2D eigenvalue weighted by Gasteiger charge is 2.59. The van der Waals surface area contributed by atoms with E-state index in [1.54, 1.807) is 6.92 Å². The number of hydrogen-bond acceptors (Lipinski definition) is 12. The molecule has 0 fully saturated rings. The topological polar surface area (TPSA) is 245 Å². The van der Waals surface area contributed by atoms with Crippen LogP contribution in [0.4, 0.5) is 0 Å². The lowest BCUT2D eigenvalue weighted by Gasteiger charge is -2.29.